The predicted molar refractivity (Wildman–Crippen MR) is 179 cm³/mol. The molecule has 1 atom stereocenters. The van der Waals surface area contributed by atoms with E-state index in [-0.39, 0.29) is 34.3 Å². The third-order valence-corrected chi connectivity index (χ3v) is 9.75. The largest absolute Gasteiger partial charge is 0.495 e. The highest BCUT2D eigenvalue weighted by molar-refractivity contribution is 7.92. The van der Waals surface area contributed by atoms with Crippen LogP contribution in [0.2, 0.25) is 15.1 Å². The molecule has 0 heterocycles. The summed E-state index contributed by atoms with van der Waals surface area (Å²) in [6.45, 7) is 1.22. The average molecular weight is 689 g/mol. The van der Waals surface area contributed by atoms with E-state index in [9.17, 15) is 18.0 Å². The summed E-state index contributed by atoms with van der Waals surface area (Å²) in [5.74, 6) is -0.924. The minimum atomic E-state index is -4.34. The van der Waals surface area contributed by atoms with E-state index in [1.54, 1.807) is 49.4 Å². The second kappa shape index (κ2) is 15.5. The van der Waals surface area contributed by atoms with Crippen LogP contribution in [0.15, 0.2) is 102 Å². The Morgan fingerprint density at radius 2 is 1.49 bits per heavy atom. The van der Waals surface area contributed by atoms with Gasteiger partial charge in [0.25, 0.3) is 10.0 Å². The summed E-state index contributed by atoms with van der Waals surface area (Å²) in [6, 6.07) is 25.3. The average Bonchev–Trinajstić information content (AvgIpc) is 3.03. The lowest BCUT2D eigenvalue weighted by molar-refractivity contribution is -0.140. The van der Waals surface area contributed by atoms with Gasteiger partial charge in [-0.05, 0) is 55.0 Å². The summed E-state index contributed by atoms with van der Waals surface area (Å²) >= 11 is 19.4. The number of rotatable bonds is 13. The summed E-state index contributed by atoms with van der Waals surface area (Å²) in [5.41, 5.74) is 1.26. The maximum Gasteiger partial charge on any atom is 0.264 e. The summed E-state index contributed by atoms with van der Waals surface area (Å²) in [7, 11) is -2.95. The van der Waals surface area contributed by atoms with Crippen LogP contribution < -0.4 is 14.4 Å². The molecular weight excluding hydrogens is 657 g/mol. The first-order valence-corrected chi connectivity index (χ1v) is 16.6. The van der Waals surface area contributed by atoms with E-state index in [2.05, 4.69) is 5.32 Å². The van der Waals surface area contributed by atoms with Crippen molar-refractivity contribution in [2.45, 2.75) is 30.8 Å². The van der Waals surface area contributed by atoms with Crippen molar-refractivity contribution in [2.24, 2.45) is 0 Å². The van der Waals surface area contributed by atoms with E-state index in [4.69, 9.17) is 39.5 Å². The number of benzene rings is 4. The van der Waals surface area contributed by atoms with Crippen LogP contribution in [-0.4, -0.2) is 51.4 Å². The molecule has 0 saturated heterocycles. The molecule has 4 aromatic carbocycles. The minimum absolute atomic E-state index is 0.0508. The van der Waals surface area contributed by atoms with Gasteiger partial charge >= 0.3 is 0 Å². The van der Waals surface area contributed by atoms with E-state index in [1.807, 2.05) is 30.3 Å². The van der Waals surface area contributed by atoms with Crippen LogP contribution in [-0.2, 0) is 32.6 Å². The fourth-order valence-electron chi connectivity index (χ4n) is 4.79. The Balaban J connectivity index is 1.87. The van der Waals surface area contributed by atoms with Crippen LogP contribution in [0.1, 0.15) is 18.1 Å². The number of likely N-dealkylation sites (N-methyl/N-ethyl adjacent to an activating group) is 1. The van der Waals surface area contributed by atoms with Gasteiger partial charge in [0, 0.05) is 40.1 Å². The number of carbonyl (C=O) groups is 2. The summed E-state index contributed by atoms with van der Waals surface area (Å²) in [5, 5.41) is 3.63. The van der Waals surface area contributed by atoms with Crippen molar-refractivity contribution in [3.8, 4) is 5.75 Å². The zero-order chi connectivity index (χ0) is 32.6. The van der Waals surface area contributed by atoms with Crippen LogP contribution in [0.5, 0.6) is 5.75 Å². The maximum atomic E-state index is 14.5. The number of methoxy groups -OCH3 is 1. The molecule has 4 aromatic rings. The van der Waals surface area contributed by atoms with Gasteiger partial charge < -0.3 is 15.0 Å². The highest BCUT2D eigenvalue weighted by Gasteiger charge is 2.36. The Labute approximate surface area is 278 Å². The van der Waals surface area contributed by atoms with Crippen LogP contribution in [0.25, 0.3) is 0 Å². The fourth-order valence-corrected chi connectivity index (χ4v) is 6.91. The van der Waals surface area contributed by atoms with Crippen LogP contribution >= 0.6 is 34.8 Å². The standard InChI is InChI=1S/C33H32Cl3N3O5S/c1-3-37-33(41)30(19-23-11-6-4-7-12-23)38(21-26-27(35)15-10-16-28(26)36)32(40)22-39(29-20-24(34)17-18-31(29)44-2)45(42,43)25-13-8-5-9-14-25/h4-18,20,30H,3,19,21-22H2,1-2H3,(H,37,41). The van der Waals surface area contributed by atoms with E-state index in [0.29, 0.717) is 22.2 Å². The van der Waals surface area contributed by atoms with E-state index in [0.717, 1.165) is 9.87 Å². The third-order valence-electron chi connectivity index (χ3n) is 7.03. The molecule has 0 saturated carbocycles. The molecule has 1 N–H and O–H groups in total. The van der Waals surface area contributed by atoms with Gasteiger partial charge in [0.1, 0.15) is 18.3 Å². The summed E-state index contributed by atoms with van der Waals surface area (Å²) in [4.78, 5) is 29.4. The number of hydrogen-bond donors (Lipinski definition) is 1. The molecule has 12 heteroatoms. The second-order valence-electron chi connectivity index (χ2n) is 9.96. The van der Waals surface area contributed by atoms with Crippen molar-refractivity contribution in [2.75, 3.05) is 24.5 Å². The number of halogens is 3. The number of ether oxygens (including phenoxy) is 1. The lowest BCUT2D eigenvalue weighted by atomic mass is 10.0. The van der Waals surface area contributed by atoms with Gasteiger partial charge in [-0.2, -0.15) is 0 Å². The molecule has 0 fully saturated rings. The van der Waals surface area contributed by atoms with Crippen molar-refractivity contribution < 1.29 is 22.7 Å². The highest BCUT2D eigenvalue weighted by atomic mass is 35.5. The molecule has 2 amide bonds. The number of amides is 2. The Bertz CT molecular complexity index is 1720. The molecule has 0 spiro atoms. The quantitative estimate of drug-likeness (QED) is 0.170. The zero-order valence-corrected chi connectivity index (χ0v) is 27.7. The van der Waals surface area contributed by atoms with Gasteiger partial charge in [0.05, 0.1) is 17.7 Å². The van der Waals surface area contributed by atoms with Crippen molar-refractivity contribution >= 4 is 62.3 Å². The number of hydrogen-bond acceptors (Lipinski definition) is 5. The second-order valence-corrected chi connectivity index (χ2v) is 13.1. The molecule has 236 valence electrons. The molecule has 0 aliphatic heterocycles. The number of anilines is 1. The first-order valence-electron chi connectivity index (χ1n) is 14.0. The van der Waals surface area contributed by atoms with Gasteiger partial charge in [0.2, 0.25) is 11.8 Å². The fraction of sp³-hybridized carbons (Fsp3) is 0.212. The monoisotopic (exact) mass is 687 g/mol. The third kappa shape index (κ3) is 8.29. The van der Waals surface area contributed by atoms with Gasteiger partial charge in [-0.3, -0.25) is 13.9 Å². The molecule has 45 heavy (non-hydrogen) atoms. The molecule has 0 radical (unpaired) electrons. The van der Waals surface area contributed by atoms with Crippen molar-refractivity contribution in [1.29, 1.82) is 0 Å². The summed E-state index contributed by atoms with van der Waals surface area (Å²) in [6.07, 6.45) is 0.145. The van der Waals surface area contributed by atoms with E-state index >= 15 is 0 Å². The Morgan fingerprint density at radius 1 is 0.867 bits per heavy atom. The smallest absolute Gasteiger partial charge is 0.264 e. The van der Waals surface area contributed by atoms with Crippen LogP contribution in [0.4, 0.5) is 5.69 Å². The Morgan fingerprint density at radius 3 is 2.09 bits per heavy atom. The molecule has 0 aliphatic rings. The number of nitrogens with zero attached hydrogens (tertiary/aromatic N) is 2. The Hall–Kier alpha value is -3.76. The number of carbonyl (C=O) groups excluding carboxylic acids is 2. The van der Waals surface area contributed by atoms with Gasteiger partial charge in [-0.1, -0.05) is 89.4 Å². The molecule has 0 bridgehead atoms. The maximum absolute atomic E-state index is 14.5. The predicted octanol–water partition coefficient (Wildman–Crippen LogP) is 6.63. The minimum Gasteiger partial charge on any atom is -0.495 e. The van der Waals surface area contributed by atoms with Crippen LogP contribution in [0, 0.1) is 0 Å². The molecule has 1 unspecified atom stereocenters. The molecular formula is C33H32Cl3N3O5S. The van der Waals surface area contributed by atoms with E-state index in [1.165, 1.54) is 36.3 Å². The zero-order valence-electron chi connectivity index (χ0n) is 24.6. The normalized spacial score (nSPS) is 11.8. The lowest BCUT2D eigenvalue weighted by Crippen LogP contribution is -2.53. The van der Waals surface area contributed by atoms with Crippen LogP contribution in [0.3, 0.4) is 0 Å². The molecule has 0 aromatic heterocycles. The van der Waals surface area contributed by atoms with E-state index < -0.39 is 34.4 Å². The van der Waals surface area contributed by atoms with Crippen molar-refractivity contribution in [1.82, 2.24) is 10.2 Å². The van der Waals surface area contributed by atoms with Crippen molar-refractivity contribution in [3.63, 3.8) is 0 Å². The molecule has 4 rings (SSSR count). The lowest BCUT2D eigenvalue weighted by Gasteiger charge is -2.34. The molecule has 0 aliphatic carbocycles. The van der Waals surface area contributed by atoms with Gasteiger partial charge in [0.15, 0.2) is 0 Å². The van der Waals surface area contributed by atoms with Crippen molar-refractivity contribution in [3.05, 3.63) is 123 Å². The summed E-state index contributed by atoms with van der Waals surface area (Å²) < 4.78 is 34.8. The number of nitrogens with one attached hydrogen (secondary N) is 1. The first kappa shape index (κ1) is 34.1. The van der Waals surface area contributed by atoms with Gasteiger partial charge in [-0.15, -0.1) is 0 Å². The topological polar surface area (TPSA) is 96.0 Å². The Kier molecular flexibility index (Phi) is 11.7. The SMILES string of the molecule is CCNC(=O)C(Cc1ccccc1)N(Cc1c(Cl)cccc1Cl)C(=O)CN(c1cc(Cl)ccc1OC)S(=O)(=O)c1ccccc1. The van der Waals surface area contributed by atoms with Gasteiger partial charge in [-0.25, -0.2) is 8.42 Å². The first-order chi connectivity index (χ1) is 21.6. The molecule has 8 nitrogen and oxygen atoms in total. The highest BCUT2D eigenvalue weighted by Crippen LogP contribution is 2.35. The number of sulfonamides is 1.